The third-order valence-corrected chi connectivity index (χ3v) is 6.80. The van der Waals surface area contributed by atoms with Crippen LogP contribution < -0.4 is 5.73 Å². The zero-order chi connectivity index (χ0) is 21.5. The van der Waals surface area contributed by atoms with E-state index in [0.29, 0.717) is 6.04 Å². The van der Waals surface area contributed by atoms with E-state index in [1.165, 1.54) is 54.5 Å². The third kappa shape index (κ3) is 3.24. The number of benzene rings is 5. The molecule has 1 unspecified atom stereocenters. The molecule has 7 rings (SSSR count). The minimum atomic E-state index is 0.324. The van der Waals surface area contributed by atoms with Crippen LogP contribution in [0.15, 0.2) is 97.1 Å². The van der Waals surface area contributed by atoms with E-state index in [1.54, 1.807) is 0 Å². The summed E-state index contributed by atoms with van der Waals surface area (Å²) in [7, 11) is 0. The van der Waals surface area contributed by atoms with Crippen molar-refractivity contribution in [3.8, 4) is 0 Å². The van der Waals surface area contributed by atoms with Gasteiger partial charge in [0.2, 0.25) is 0 Å². The van der Waals surface area contributed by atoms with Crippen LogP contribution in [0, 0.1) is 0 Å². The molecule has 0 fully saturated rings. The highest BCUT2D eigenvalue weighted by Crippen LogP contribution is 2.33. The number of aromatic nitrogens is 1. The molecule has 0 saturated heterocycles. The Balaban J connectivity index is 0.000000131. The van der Waals surface area contributed by atoms with E-state index in [9.17, 15) is 0 Å². The molecule has 1 aliphatic carbocycles. The number of fused-ring (bicyclic) bond motifs is 8. The monoisotopic (exact) mass is 414 g/mol. The zero-order valence-corrected chi connectivity index (χ0v) is 18.0. The molecule has 0 amide bonds. The van der Waals surface area contributed by atoms with Gasteiger partial charge in [0.1, 0.15) is 0 Å². The maximum Gasteiger partial charge on any atom is 0.0464 e. The lowest BCUT2D eigenvalue weighted by Crippen LogP contribution is -2.27. The van der Waals surface area contributed by atoms with E-state index in [1.807, 2.05) is 0 Å². The Morgan fingerprint density at radius 1 is 0.594 bits per heavy atom. The highest BCUT2D eigenvalue weighted by Gasteiger charge is 2.18. The van der Waals surface area contributed by atoms with Gasteiger partial charge in [-0.25, -0.2) is 0 Å². The lowest BCUT2D eigenvalue weighted by molar-refractivity contribution is 0.579. The molecular formula is C30H26N2. The molecule has 0 aliphatic heterocycles. The maximum absolute atomic E-state index is 6.15. The van der Waals surface area contributed by atoms with Crippen LogP contribution in [0.5, 0.6) is 0 Å². The molecule has 32 heavy (non-hydrogen) atoms. The normalized spacial score (nSPS) is 15.6. The molecule has 0 bridgehead atoms. The summed E-state index contributed by atoms with van der Waals surface area (Å²) < 4.78 is 0. The molecule has 1 atom stereocenters. The summed E-state index contributed by atoms with van der Waals surface area (Å²) >= 11 is 0. The molecule has 1 heterocycles. The number of para-hydroxylation sites is 2. The van der Waals surface area contributed by atoms with Gasteiger partial charge in [-0.3, -0.25) is 0 Å². The average molecular weight is 415 g/mol. The van der Waals surface area contributed by atoms with E-state index in [2.05, 4.69) is 102 Å². The number of rotatable bonds is 0. The summed E-state index contributed by atoms with van der Waals surface area (Å²) in [6, 6.07) is 34.8. The predicted octanol–water partition coefficient (Wildman–Crippen LogP) is 7.13. The molecule has 1 aliphatic rings. The van der Waals surface area contributed by atoms with Gasteiger partial charge in [-0.05, 0) is 64.1 Å². The van der Waals surface area contributed by atoms with E-state index >= 15 is 0 Å². The fourth-order valence-electron chi connectivity index (χ4n) is 5.18. The van der Waals surface area contributed by atoms with Gasteiger partial charge in [-0.1, -0.05) is 84.9 Å². The molecule has 1 aromatic heterocycles. The lowest BCUT2D eigenvalue weighted by atomic mass is 9.84. The second kappa shape index (κ2) is 7.81. The number of nitrogens with one attached hydrogen (secondary N) is 1. The van der Waals surface area contributed by atoms with Crippen LogP contribution in [0.1, 0.15) is 17.5 Å². The van der Waals surface area contributed by atoms with Crippen LogP contribution in [-0.4, -0.2) is 11.0 Å². The molecule has 6 aromatic rings. The van der Waals surface area contributed by atoms with Crippen LogP contribution in [0.25, 0.3) is 43.4 Å². The first-order chi connectivity index (χ1) is 15.8. The van der Waals surface area contributed by atoms with Gasteiger partial charge < -0.3 is 10.7 Å². The predicted molar refractivity (Wildman–Crippen MR) is 137 cm³/mol. The number of aryl methyl sites for hydroxylation is 1. The number of aromatic amines is 1. The number of hydrogen-bond donors (Lipinski definition) is 2. The standard InChI is InChI=1S/C18H17N.C12H9N/c19-14-8-5-13-7-9-16-15-4-2-1-3-12(15)6-10-17(16)18(13)11-14;1-3-7-11-9(5-1)10-6-2-4-8-12(10)13-11/h1-4,6-7,9-10,14H,5,8,11,19H2;1-8,13H. The summed E-state index contributed by atoms with van der Waals surface area (Å²) in [5.41, 5.74) is 11.5. The lowest BCUT2D eigenvalue weighted by Gasteiger charge is -2.23. The Hall–Kier alpha value is -3.62. The molecule has 0 saturated carbocycles. The minimum Gasteiger partial charge on any atom is -0.355 e. The maximum atomic E-state index is 6.15. The van der Waals surface area contributed by atoms with Crippen molar-refractivity contribution < 1.29 is 0 Å². The van der Waals surface area contributed by atoms with Gasteiger partial charge in [-0.15, -0.1) is 0 Å². The van der Waals surface area contributed by atoms with Crippen molar-refractivity contribution in [2.45, 2.75) is 25.3 Å². The molecule has 0 radical (unpaired) electrons. The van der Waals surface area contributed by atoms with E-state index in [-0.39, 0.29) is 0 Å². The number of hydrogen-bond acceptors (Lipinski definition) is 1. The van der Waals surface area contributed by atoms with Crippen molar-refractivity contribution in [2.75, 3.05) is 0 Å². The van der Waals surface area contributed by atoms with E-state index in [0.717, 1.165) is 19.3 Å². The first kappa shape index (κ1) is 19.1. The highest BCUT2D eigenvalue weighted by atomic mass is 14.7. The largest absolute Gasteiger partial charge is 0.355 e. The summed E-state index contributed by atoms with van der Waals surface area (Å²) in [4.78, 5) is 3.38. The highest BCUT2D eigenvalue weighted by molar-refractivity contribution is 6.09. The van der Waals surface area contributed by atoms with Gasteiger partial charge in [0, 0.05) is 27.8 Å². The Morgan fingerprint density at radius 2 is 1.22 bits per heavy atom. The molecular weight excluding hydrogens is 388 g/mol. The Labute approximate surface area is 187 Å². The Morgan fingerprint density at radius 3 is 1.97 bits per heavy atom. The van der Waals surface area contributed by atoms with E-state index < -0.39 is 0 Å². The summed E-state index contributed by atoms with van der Waals surface area (Å²) in [5, 5.41) is 8.03. The van der Waals surface area contributed by atoms with Crippen molar-refractivity contribution in [3.63, 3.8) is 0 Å². The molecule has 2 heteroatoms. The van der Waals surface area contributed by atoms with Gasteiger partial charge >= 0.3 is 0 Å². The SMILES string of the molecule is NC1CCc2ccc3c(ccc4ccccc43)c2C1.c1ccc2c(c1)[nH]c1ccccc12. The van der Waals surface area contributed by atoms with Crippen molar-refractivity contribution in [2.24, 2.45) is 5.73 Å². The Bertz CT molecular complexity index is 1520. The van der Waals surface area contributed by atoms with E-state index in [4.69, 9.17) is 5.73 Å². The van der Waals surface area contributed by atoms with Crippen LogP contribution in [0.3, 0.4) is 0 Å². The first-order valence-electron chi connectivity index (χ1n) is 11.4. The fraction of sp³-hybridized carbons (Fsp3) is 0.133. The second-order valence-corrected chi connectivity index (χ2v) is 8.80. The van der Waals surface area contributed by atoms with Gasteiger partial charge in [-0.2, -0.15) is 0 Å². The average Bonchev–Trinajstić information content (AvgIpc) is 3.23. The molecule has 0 spiro atoms. The van der Waals surface area contributed by atoms with Crippen LogP contribution in [0.4, 0.5) is 0 Å². The van der Waals surface area contributed by atoms with Crippen molar-refractivity contribution >= 4 is 43.4 Å². The summed E-state index contributed by atoms with van der Waals surface area (Å²) in [6.07, 6.45) is 3.26. The minimum absolute atomic E-state index is 0.324. The topological polar surface area (TPSA) is 41.8 Å². The quantitative estimate of drug-likeness (QED) is 0.255. The molecule has 156 valence electrons. The summed E-state index contributed by atoms with van der Waals surface area (Å²) in [6.45, 7) is 0. The van der Waals surface area contributed by atoms with Crippen molar-refractivity contribution in [1.29, 1.82) is 0 Å². The molecule has 5 aromatic carbocycles. The van der Waals surface area contributed by atoms with Crippen LogP contribution >= 0.6 is 0 Å². The van der Waals surface area contributed by atoms with Crippen LogP contribution in [-0.2, 0) is 12.8 Å². The van der Waals surface area contributed by atoms with Gasteiger partial charge in [0.05, 0.1) is 0 Å². The molecule has 3 N–H and O–H groups in total. The number of nitrogens with two attached hydrogens (primary N) is 1. The first-order valence-corrected chi connectivity index (χ1v) is 11.4. The Kier molecular flexibility index (Phi) is 4.66. The zero-order valence-electron chi connectivity index (χ0n) is 18.0. The van der Waals surface area contributed by atoms with Gasteiger partial charge in [0.25, 0.3) is 0 Å². The van der Waals surface area contributed by atoms with Crippen LogP contribution in [0.2, 0.25) is 0 Å². The number of H-pyrrole nitrogens is 1. The van der Waals surface area contributed by atoms with Crippen molar-refractivity contribution in [1.82, 2.24) is 4.98 Å². The second-order valence-electron chi connectivity index (χ2n) is 8.80. The van der Waals surface area contributed by atoms with Crippen molar-refractivity contribution in [3.05, 3.63) is 108 Å². The fourth-order valence-corrected chi connectivity index (χ4v) is 5.18. The summed E-state index contributed by atoms with van der Waals surface area (Å²) in [5.74, 6) is 0. The smallest absolute Gasteiger partial charge is 0.0464 e. The molecule has 2 nitrogen and oxygen atoms in total. The third-order valence-electron chi connectivity index (χ3n) is 6.80. The van der Waals surface area contributed by atoms with Gasteiger partial charge in [0.15, 0.2) is 0 Å².